The van der Waals surface area contributed by atoms with Crippen LogP contribution in [0, 0.1) is 5.82 Å². The lowest BCUT2D eigenvalue weighted by Gasteiger charge is -2.07. The molecule has 0 atom stereocenters. The van der Waals surface area contributed by atoms with Gasteiger partial charge in [-0.05, 0) is 42.1 Å². The van der Waals surface area contributed by atoms with Gasteiger partial charge in [-0.15, -0.1) is 0 Å². The number of nitrogens with zero attached hydrogens (tertiary/aromatic N) is 2. The summed E-state index contributed by atoms with van der Waals surface area (Å²) in [6.45, 7) is 0. The van der Waals surface area contributed by atoms with Gasteiger partial charge >= 0.3 is 5.97 Å². The Kier molecular flexibility index (Phi) is 4.67. The van der Waals surface area contributed by atoms with Crippen LogP contribution in [0.2, 0.25) is 0 Å². The van der Waals surface area contributed by atoms with Gasteiger partial charge in [0.05, 0.1) is 16.2 Å². The molecule has 2 aromatic rings. The lowest BCUT2D eigenvalue weighted by molar-refractivity contribution is -0.121. The van der Waals surface area contributed by atoms with E-state index in [1.165, 1.54) is 29.2 Å². The van der Waals surface area contributed by atoms with E-state index in [1.54, 1.807) is 37.4 Å². The summed E-state index contributed by atoms with van der Waals surface area (Å²) in [6.07, 6.45) is 1.48. The lowest BCUT2D eigenvalue weighted by Crippen LogP contribution is -2.23. The molecule has 0 aliphatic carbocycles. The summed E-state index contributed by atoms with van der Waals surface area (Å²) >= 11 is 1.11. The molecular formula is C18H13FN2O3S. The maximum atomic E-state index is 13.8. The fourth-order valence-electron chi connectivity index (χ4n) is 2.20. The summed E-state index contributed by atoms with van der Waals surface area (Å²) in [5, 5.41) is 9.43. The molecule has 1 amide bonds. The molecule has 0 saturated carbocycles. The van der Waals surface area contributed by atoms with E-state index >= 15 is 0 Å². The van der Waals surface area contributed by atoms with Crippen LogP contribution in [0.25, 0.3) is 6.08 Å². The Hall–Kier alpha value is -2.93. The van der Waals surface area contributed by atoms with Gasteiger partial charge < -0.3 is 5.11 Å². The number of carbonyl (C=O) groups is 2. The van der Waals surface area contributed by atoms with E-state index < -0.39 is 11.8 Å². The third-order valence-corrected chi connectivity index (χ3v) is 4.57. The van der Waals surface area contributed by atoms with E-state index in [2.05, 4.69) is 4.99 Å². The number of amidine groups is 1. The first-order valence-electron chi connectivity index (χ1n) is 7.30. The largest absolute Gasteiger partial charge is 0.478 e. The van der Waals surface area contributed by atoms with Gasteiger partial charge in [-0.25, -0.2) is 14.2 Å². The van der Waals surface area contributed by atoms with Gasteiger partial charge in [0, 0.05) is 12.6 Å². The molecule has 126 valence electrons. The number of hydrogen-bond donors (Lipinski definition) is 1. The molecule has 0 bridgehead atoms. The maximum Gasteiger partial charge on any atom is 0.335 e. The van der Waals surface area contributed by atoms with Crippen molar-refractivity contribution in [1.82, 2.24) is 4.90 Å². The van der Waals surface area contributed by atoms with Crippen molar-refractivity contribution in [3.63, 3.8) is 0 Å². The quantitative estimate of drug-likeness (QED) is 0.850. The summed E-state index contributed by atoms with van der Waals surface area (Å²) in [5.41, 5.74) is 0.857. The van der Waals surface area contributed by atoms with E-state index in [0.29, 0.717) is 21.3 Å². The molecule has 1 aliphatic rings. The second kappa shape index (κ2) is 6.90. The summed E-state index contributed by atoms with van der Waals surface area (Å²) in [7, 11) is 1.57. The average molecular weight is 356 g/mol. The zero-order valence-corrected chi connectivity index (χ0v) is 14.0. The van der Waals surface area contributed by atoms with Gasteiger partial charge in [0.2, 0.25) is 0 Å². The van der Waals surface area contributed by atoms with Crippen molar-refractivity contribution in [3.8, 4) is 0 Å². The number of rotatable bonds is 3. The van der Waals surface area contributed by atoms with E-state index in [-0.39, 0.29) is 11.5 Å². The van der Waals surface area contributed by atoms with Crippen LogP contribution in [0.4, 0.5) is 10.1 Å². The van der Waals surface area contributed by atoms with Gasteiger partial charge in [0.1, 0.15) is 5.82 Å². The molecule has 2 aromatic carbocycles. The number of halogens is 1. The first-order chi connectivity index (χ1) is 12.0. The summed E-state index contributed by atoms with van der Waals surface area (Å²) in [5.74, 6) is -1.75. The highest BCUT2D eigenvalue weighted by molar-refractivity contribution is 8.18. The molecule has 3 rings (SSSR count). The van der Waals surface area contributed by atoms with E-state index in [1.807, 2.05) is 0 Å². The van der Waals surface area contributed by atoms with Crippen molar-refractivity contribution in [2.24, 2.45) is 4.99 Å². The van der Waals surface area contributed by atoms with Crippen molar-refractivity contribution in [1.29, 1.82) is 0 Å². The highest BCUT2D eigenvalue weighted by Crippen LogP contribution is 2.33. The van der Waals surface area contributed by atoms with Gasteiger partial charge in [-0.3, -0.25) is 9.69 Å². The van der Waals surface area contributed by atoms with Crippen LogP contribution in [0.3, 0.4) is 0 Å². The van der Waals surface area contributed by atoms with Crippen LogP contribution in [-0.4, -0.2) is 34.1 Å². The minimum Gasteiger partial charge on any atom is -0.478 e. The van der Waals surface area contributed by atoms with E-state index in [0.717, 1.165) is 11.8 Å². The minimum absolute atomic E-state index is 0.112. The molecule has 1 heterocycles. The summed E-state index contributed by atoms with van der Waals surface area (Å²) in [4.78, 5) is 29.4. The smallest absolute Gasteiger partial charge is 0.335 e. The Labute approximate surface area is 147 Å². The van der Waals surface area contributed by atoms with Gasteiger partial charge in [-0.1, -0.05) is 24.3 Å². The Morgan fingerprint density at radius 3 is 2.72 bits per heavy atom. The summed E-state index contributed by atoms with van der Waals surface area (Å²) in [6, 6.07) is 12.3. The number of carbonyl (C=O) groups excluding carboxylic acids is 1. The zero-order chi connectivity index (χ0) is 18.0. The Bertz CT molecular complexity index is 924. The summed E-state index contributed by atoms with van der Waals surface area (Å²) < 4.78 is 13.8. The molecule has 1 fully saturated rings. The van der Waals surface area contributed by atoms with Crippen LogP contribution in [0.1, 0.15) is 15.9 Å². The van der Waals surface area contributed by atoms with Crippen molar-refractivity contribution >= 4 is 40.6 Å². The number of amides is 1. The Morgan fingerprint density at radius 1 is 1.24 bits per heavy atom. The van der Waals surface area contributed by atoms with Gasteiger partial charge in [0.25, 0.3) is 5.91 Å². The molecule has 7 heteroatoms. The number of aliphatic imine (C=N–C) groups is 1. The molecule has 1 saturated heterocycles. The van der Waals surface area contributed by atoms with Crippen molar-refractivity contribution in [3.05, 3.63) is 70.4 Å². The Balaban J connectivity index is 1.92. The SMILES string of the molecule is CN1C(=O)/C(=C/c2ccccc2F)SC1=Nc1cccc(C(=O)O)c1. The molecule has 1 N–H and O–H groups in total. The number of thioether (sulfide) groups is 1. The van der Waals surface area contributed by atoms with E-state index in [9.17, 15) is 14.0 Å². The third-order valence-electron chi connectivity index (χ3n) is 3.51. The molecular weight excluding hydrogens is 343 g/mol. The second-order valence-electron chi connectivity index (χ2n) is 5.25. The number of carboxylic acids is 1. The molecule has 1 aliphatic heterocycles. The van der Waals surface area contributed by atoms with Crippen molar-refractivity contribution in [2.45, 2.75) is 0 Å². The molecule has 0 radical (unpaired) electrons. The van der Waals surface area contributed by atoms with Gasteiger partial charge in [0.15, 0.2) is 5.17 Å². The first kappa shape index (κ1) is 16.9. The topological polar surface area (TPSA) is 70.0 Å². The molecule has 5 nitrogen and oxygen atoms in total. The van der Waals surface area contributed by atoms with Crippen LogP contribution < -0.4 is 0 Å². The fraction of sp³-hybridized carbons (Fsp3) is 0.0556. The van der Waals surface area contributed by atoms with Crippen LogP contribution >= 0.6 is 11.8 Å². The number of benzene rings is 2. The fourth-order valence-corrected chi connectivity index (χ4v) is 3.18. The third kappa shape index (κ3) is 3.61. The van der Waals surface area contributed by atoms with Crippen LogP contribution in [-0.2, 0) is 4.79 Å². The van der Waals surface area contributed by atoms with E-state index in [4.69, 9.17) is 5.11 Å². The van der Waals surface area contributed by atoms with Crippen molar-refractivity contribution < 1.29 is 19.1 Å². The lowest BCUT2D eigenvalue weighted by atomic mass is 10.2. The Morgan fingerprint density at radius 2 is 2.00 bits per heavy atom. The highest BCUT2D eigenvalue weighted by atomic mass is 32.2. The predicted octanol–water partition coefficient (Wildman–Crippen LogP) is 3.76. The second-order valence-corrected chi connectivity index (χ2v) is 6.26. The monoisotopic (exact) mass is 356 g/mol. The minimum atomic E-state index is -1.05. The normalized spacial score (nSPS) is 17.5. The maximum absolute atomic E-state index is 13.8. The van der Waals surface area contributed by atoms with Gasteiger partial charge in [-0.2, -0.15) is 0 Å². The average Bonchev–Trinajstić information content (AvgIpc) is 2.85. The standard InChI is InChI=1S/C18H13FN2O3S/c1-21-16(22)15(10-11-5-2-3-8-14(11)19)25-18(21)20-13-7-4-6-12(9-13)17(23)24/h2-10H,1H3,(H,23,24)/b15-10-,20-18?. The number of likely N-dealkylation sites (N-methyl/N-ethyl adjacent to an activating group) is 1. The van der Waals surface area contributed by atoms with Crippen LogP contribution in [0.15, 0.2) is 58.4 Å². The molecule has 25 heavy (non-hydrogen) atoms. The predicted molar refractivity (Wildman–Crippen MR) is 95.2 cm³/mol. The molecule has 0 unspecified atom stereocenters. The number of hydrogen-bond acceptors (Lipinski definition) is 4. The van der Waals surface area contributed by atoms with Crippen molar-refractivity contribution in [2.75, 3.05) is 7.05 Å². The highest BCUT2D eigenvalue weighted by Gasteiger charge is 2.30. The first-order valence-corrected chi connectivity index (χ1v) is 8.11. The number of carboxylic acid groups (broad SMARTS) is 1. The molecule has 0 spiro atoms. The molecule has 0 aromatic heterocycles. The zero-order valence-electron chi connectivity index (χ0n) is 13.1. The van der Waals surface area contributed by atoms with Crippen LogP contribution in [0.5, 0.6) is 0 Å². The number of aromatic carboxylic acids is 1.